The van der Waals surface area contributed by atoms with E-state index in [1.807, 2.05) is 0 Å². The molecule has 2 aromatic rings. The quantitative estimate of drug-likeness (QED) is 0.890. The first kappa shape index (κ1) is 11.7. The molecular formula is C12H10F3NO. The SMILES string of the molecule is Fc1cc(F)c(CNCc2ccco2)c(F)c1. The molecule has 0 saturated carbocycles. The van der Waals surface area contributed by atoms with E-state index in [9.17, 15) is 13.2 Å². The van der Waals surface area contributed by atoms with Gasteiger partial charge in [-0.05, 0) is 12.1 Å². The molecule has 5 heteroatoms. The van der Waals surface area contributed by atoms with Gasteiger partial charge in [-0.3, -0.25) is 0 Å². The highest BCUT2D eigenvalue weighted by Crippen LogP contribution is 2.14. The van der Waals surface area contributed by atoms with Crippen LogP contribution in [0.1, 0.15) is 11.3 Å². The van der Waals surface area contributed by atoms with Gasteiger partial charge in [-0.1, -0.05) is 0 Å². The molecule has 0 amide bonds. The summed E-state index contributed by atoms with van der Waals surface area (Å²) >= 11 is 0. The lowest BCUT2D eigenvalue weighted by Crippen LogP contribution is -2.14. The Bertz CT molecular complexity index is 473. The number of benzene rings is 1. The molecule has 2 rings (SSSR count). The van der Waals surface area contributed by atoms with Crippen molar-refractivity contribution in [1.29, 1.82) is 0 Å². The lowest BCUT2D eigenvalue weighted by Gasteiger charge is -2.06. The molecule has 1 aromatic heterocycles. The van der Waals surface area contributed by atoms with Gasteiger partial charge in [0.2, 0.25) is 0 Å². The van der Waals surface area contributed by atoms with Crippen LogP contribution in [0.2, 0.25) is 0 Å². The van der Waals surface area contributed by atoms with E-state index in [-0.39, 0.29) is 12.1 Å². The van der Waals surface area contributed by atoms with Gasteiger partial charge in [0.25, 0.3) is 0 Å². The lowest BCUT2D eigenvalue weighted by molar-refractivity contribution is 0.469. The Hall–Kier alpha value is -1.75. The largest absolute Gasteiger partial charge is 0.468 e. The molecule has 1 N–H and O–H groups in total. The topological polar surface area (TPSA) is 25.2 Å². The highest BCUT2D eigenvalue weighted by molar-refractivity contribution is 5.20. The third-order valence-corrected chi connectivity index (χ3v) is 2.29. The molecular weight excluding hydrogens is 231 g/mol. The van der Waals surface area contributed by atoms with E-state index in [4.69, 9.17) is 4.42 Å². The fraction of sp³-hybridized carbons (Fsp3) is 0.167. The summed E-state index contributed by atoms with van der Waals surface area (Å²) in [5, 5.41) is 2.81. The van der Waals surface area contributed by atoms with Gasteiger partial charge in [0.15, 0.2) is 0 Å². The minimum absolute atomic E-state index is 0.0291. The van der Waals surface area contributed by atoms with Gasteiger partial charge in [-0.25, -0.2) is 13.2 Å². The molecule has 0 aliphatic heterocycles. The van der Waals surface area contributed by atoms with Crippen molar-refractivity contribution in [3.05, 3.63) is 59.3 Å². The average Bonchev–Trinajstić information content (AvgIpc) is 2.74. The zero-order valence-electron chi connectivity index (χ0n) is 8.84. The Labute approximate surface area is 96.1 Å². The number of nitrogens with one attached hydrogen (secondary N) is 1. The zero-order valence-corrected chi connectivity index (χ0v) is 8.84. The highest BCUT2D eigenvalue weighted by atomic mass is 19.1. The van der Waals surface area contributed by atoms with E-state index < -0.39 is 17.5 Å². The van der Waals surface area contributed by atoms with Gasteiger partial charge in [0.05, 0.1) is 12.8 Å². The van der Waals surface area contributed by atoms with Gasteiger partial charge < -0.3 is 9.73 Å². The van der Waals surface area contributed by atoms with Crippen LogP contribution in [-0.4, -0.2) is 0 Å². The Morgan fingerprint density at radius 3 is 2.35 bits per heavy atom. The van der Waals surface area contributed by atoms with Crippen molar-refractivity contribution in [2.24, 2.45) is 0 Å². The van der Waals surface area contributed by atoms with E-state index in [0.717, 1.165) is 0 Å². The third kappa shape index (κ3) is 2.88. The molecule has 0 fully saturated rings. The second kappa shape index (κ2) is 5.05. The Morgan fingerprint density at radius 2 is 1.76 bits per heavy atom. The van der Waals surface area contributed by atoms with E-state index >= 15 is 0 Å². The second-order valence-electron chi connectivity index (χ2n) is 3.53. The van der Waals surface area contributed by atoms with Gasteiger partial charge in [0.1, 0.15) is 23.2 Å². The standard InChI is InChI=1S/C12H10F3NO/c13-8-4-11(14)10(12(15)5-8)7-16-6-9-2-1-3-17-9/h1-5,16H,6-7H2. The number of halogens is 3. The summed E-state index contributed by atoms with van der Waals surface area (Å²) in [4.78, 5) is 0. The van der Waals surface area contributed by atoms with Crippen molar-refractivity contribution in [1.82, 2.24) is 5.32 Å². The van der Waals surface area contributed by atoms with Crippen molar-refractivity contribution in [3.63, 3.8) is 0 Å². The van der Waals surface area contributed by atoms with Gasteiger partial charge >= 0.3 is 0 Å². The molecule has 1 aromatic carbocycles. The van der Waals surface area contributed by atoms with E-state index in [2.05, 4.69) is 5.32 Å². The van der Waals surface area contributed by atoms with Crippen LogP contribution in [0.5, 0.6) is 0 Å². The lowest BCUT2D eigenvalue weighted by atomic mass is 10.2. The molecule has 90 valence electrons. The van der Waals surface area contributed by atoms with E-state index in [1.165, 1.54) is 6.26 Å². The summed E-state index contributed by atoms with van der Waals surface area (Å²) in [5.41, 5.74) is -0.182. The van der Waals surface area contributed by atoms with Crippen LogP contribution < -0.4 is 5.32 Å². The summed E-state index contributed by atoms with van der Waals surface area (Å²) < 4.78 is 44.1. The monoisotopic (exact) mass is 241 g/mol. The Morgan fingerprint density at radius 1 is 1.06 bits per heavy atom. The number of rotatable bonds is 4. The van der Waals surface area contributed by atoms with Gasteiger partial charge in [-0.15, -0.1) is 0 Å². The Kier molecular flexibility index (Phi) is 3.49. The summed E-state index contributed by atoms with van der Waals surface area (Å²) in [6.45, 7) is 0.321. The molecule has 0 aliphatic rings. The normalized spacial score (nSPS) is 10.8. The van der Waals surface area contributed by atoms with Crippen LogP contribution in [-0.2, 0) is 13.1 Å². The van der Waals surface area contributed by atoms with Crippen LogP contribution in [0.4, 0.5) is 13.2 Å². The number of hydrogen-bond acceptors (Lipinski definition) is 2. The summed E-state index contributed by atoms with van der Waals surface area (Å²) in [6.07, 6.45) is 1.51. The predicted octanol–water partition coefficient (Wildman–Crippen LogP) is 2.99. The first-order valence-electron chi connectivity index (χ1n) is 5.03. The zero-order chi connectivity index (χ0) is 12.3. The molecule has 0 radical (unpaired) electrons. The highest BCUT2D eigenvalue weighted by Gasteiger charge is 2.10. The van der Waals surface area contributed by atoms with E-state index in [0.29, 0.717) is 24.4 Å². The summed E-state index contributed by atoms with van der Waals surface area (Å²) in [6, 6.07) is 4.78. The molecule has 0 aliphatic carbocycles. The molecule has 0 atom stereocenters. The third-order valence-electron chi connectivity index (χ3n) is 2.29. The van der Waals surface area contributed by atoms with Crippen LogP contribution in [0.3, 0.4) is 0 Å². The first-order chi connectivity index (χ1) is 8.16. The van der Waals surface area contributed by atoms with Gasteiger partial charge in [0, 0.05) is 24.2 Å². The van der Waals surface area contributed by atoms with Gasteiger partial charge in [-0.2, -0.15) is 0 Å². The number of furan rings is 1. The summed E-state index contributed by atoms with van der Waals surface area (Å²) in [5.74, 6) is -2.05. The molecule has 0 saturated heterocycles. The van der Waals surface area contributed by atoms with Crippen LogP contribution in [0.25, 0.3) is 0 Å². The summed E-state index contributed by atoms with van der Waals surface area (Å²) in [7, 11) is 0. The van der Waals surface area contributed by atoms with Crippen LogP contribution in [0, 0.1) is 17.5 Å². The molecule has 0 spiro atoms. The smallest absolute Gasteiger partial charge is 0.133 e. The average molecular weight is 241 g/mol. The molecule has 1 heterocycles. The molecule has 2 nitrogen and oxygen atoms in total. The fourth-order valence-corrected chi connectivity index (χ4v) is 1.46. The van der Waals surface area contributed by atoms with E-state index in [1.54, 1.807) is 12.1 Å². The van der Waals surface area contributed by atoms with Crippen molar-refractivity contribution >= 4 is 0 Å². The van der Waals surface area contributed by atoms with Crippen molar-refractivity contribution < 1.29 is 17.6 Å². The van der Waals surface area contributed by atoms with Crippen LogP contribution >= 0.6 is 0 Å². The van der Waals surface area contributed by atoms with Crippen molar-refractivity contribution in [3.8, 4) is 0 Å². The number of hydrogen-bond donors (Lipinski definition) is 1. The fourth-order valence-electron chi connectivity index (χ4n) is 1.46. The Balaban J connectivity index is 1.99. The molecule has 0 unspecified atom stereocenters. The first-order valence-corrected chi connectivity index (χ1v) is 5.03. The maximum Gasteiger partial charge on any atom is 0.133 e. The van der Waals surface area contributed by atoms with Crippen LogP contribution in [0.15, 0.2) is 34.9 Å². The minimum atomic E-state index is -0.921. The second-order valence-corrected chi connectivity index (χ2v) is 3.53. The predicted molar refractivity (Wildman–Crippen MR) is 55.6 cm³/mol. The molecule has 0 bridgehead atoms. The van der Waals surface area contributed by atoms with Crippen molar-refractivity contribution in [2.75, 3.05) is 0 Å². The van der Waals surface area contributed by atoms with Crippen molar-refractivity contribution in [2.45, 2.75) is 13.1 Å². The molecule has 17 heavy (non-hydrogen) atoms. The minimum Gasteiger partial charge on any atom is -0.468 e. The maximum absolute atomic E-state index is 13.2. The maximum atomic E-state index is 13.2.